The summed E-state index contributed by atoms with van der Waals surface area (Å²) in [4.78, 5) is 29.0. The van der Waals surface area contributed by atoms with Gasteiger partial charge in [0, 0.05) is 24.2 Å². The molecule has 2 amide bonds. The zero-order valence-electron chi connectivity index (χ0n) is 16.0. The molecule has 3 atom stereocenters. The molecule has 3 unspecified atom stereocenters. The minimum absolute atomic E-state index is 0.132. The highest BCUT2D eigenvalue weighted by atomic mass is 19.1. The minimum Gasteiger partial charge on any atom is -0.392 e. The molecule has 0 saturated carbocycles. The Morgan fingerprint density at radius 2 is 1.81 bits per heavy atom. The molecule has 3 rings (SSSR count). The van der Waals surface area contributed by atoms with E-state index in [1.807, 2.05) is 20.8 Å². The van der Waals surface area contributed by atoms with Gasteiger partial charge in [0.2, 0.25) is 0 Å². The van der Waals surface area contributed by atoms with Gasteiger partial charge in [-0.3, -0.25) is 9.59 Å². The Kier molecular flexibility index (Phi) is 5.27. The number of benzene rings is 1. The van der Waals surface area contributed by atoms with Crippen LogP contribution in [0.2, 0.25) is 0 Å². The molecule has 0 aromatic heterocycles. The van der Waals surface area contributed by atoms with E-state index >= 15 is 0 Å². The second-order valence-corrected chi connectivity index (χ2v) is 8.57. The predicted octanol–water partition coefficient (Wildman–Crippen LogP) is 1.54. The molecule has 2 fully saturated rings. The van der Waals surface area contributed by atoms with Crippen molar-refractivity contribution in [2.24, 2.45) is 5.41 Å². The number of hydrogen-bond acceptors (Lipinski definition) is 4. The fourth-order valence-electron chi connectivity index (χ4n) is 3.92. The summed E-state index contributed by atoms with van der Waals surface area (Å²) >= 11 is 0. The van der Waals surface area contributed by atoms with E-state index in [1.165, 1.54) is 12.1 Å². The average molecular weight is 378 g/mol. The van der Waals surface area contributed by atoms with E-state index in [0.717, 1.165) is 18.9 Å². The van der Waals surface area contributed by atoms with Crippen LogP contribution in [0.1, 0.15) is 49.5 Å². The lowest BCUT2D eigenvalue weighted by Gasteiger charge is -2.42. The van der Waals surface area contributed by atoms with E-state index < -0.39 is 23.9 Å². The van der Waals surface area contributed by atoms with Gasteiger partial charge >= 0.3 is 0 Å². The fourth-order valence-corrected chi connectivity index (χ4v) is 3.92. The number of fused-ring (bicyclic) bond motifs is 2. The maximum Gasteiger partial charge on any atom is 0.254 e. The third kappa shape index (κ3) is 3.71. The zero-order chi connectivity index (χ0) is 19.9. The Hall–Kier alpha value is -1.99. The van der Waals surface area contributed by atoms with Gasteiger partial charge in [0.15, 0.2) is 0 Å². The number of rotatable bonds is 3. The normalized spacial score (nSPS) is 23.5. The van der Waals surface area contributed by atoms with Gasteiger partial charge in [-0.25, -0.2) is 4.39 Å². The molecule has 0 aliphatic carbocycles. The minimum atomic E-state index is -1.08. The third-order valence-electron chi connectivity index (χ3n) is 5.55. The largest absolute Gasteiger partial charge is 0.392 e. The van der Waals surface area contributed by atoms with Crippen molar-refractivity contribution in [3.63, 3.8) is 0 Å². The molecule has 1 aromatic rings. The maximum absolute atomic E-state index is 13.9. The van der Waals surface area contributed by atoms with Crippen molar-refractivity contribution in [1.29, 1.82) is 0 Å². The van der Waals surface area contributed by atoms with Gasteiger partial charge in [-0.1, -0.05) is 26.8 Å². The van der Waals surface area contributed by atoms with Crippen LogP contribution in [0.25, 0.3) is 0 Å². The molecule has 0 spiro atoms. The monoisotopic (exact) mass is 378 g/mol. The van der Waals surface area contributed by atoms with Crippen LogP contribution in [0.15, 0.2) is 18.2 Å². The van der Waals surface area contributed by atoms with Crippen LogP contribution in [0.3, 0.4) is 0 Å². The Bertz CT molecular complexity index is 732. The first-order chi connectivity index (χ1) is 12.6. The van der Waals surface area contributed by atoms with Crippen molar-refractivity contribution >= 4 is 11.8 Å². The van der Waals surface area contributed by atoms with E-state index in [-0.39, 0.29) is 35.0 Å². The van der Waals surface area contributed by atoms with Crippen LogP contribution in [-0.2, 0) is 11.4 Å². The van der Waals surface area contributed by atoms with Gasteiger partial charge in [-0.2, -0.15) is 0 Å². The summed E-state index contributed by atoms with van der Waals surface area (Å²) in [6, 6.07) is 3.84. The van der Waals surface area contributed by atoms with Crippen LogP contribution in [0.4, 0.5) is 4.39 Å². The van der Waals surface area contributed by atoms with E-state index in [9.17, 15) is 19.1 Å². The van der Waals surface area contributed by atoms with Crippen LogP contribution >= 0.6 is 0 Å². The van der Waals surface area contributed by atoms with Crippen LogP contribution < -0.4 is 0 Å². The highest BCUT2D eigenvalue weighted by molar-refractivity contribution is 5.95. The maximum atomic E-state index is 13.9. The summed E-state index contributed by atoms with van der Waals surface area (Å²) in [5.74, 6) is -1.16. The van der Waals surface area contributed by atoms with E-state index in [2.05, 4.69) is 0 Å². The van der Waals surface area contributed by atoms with Crippen LogP contribution in [0.5, 0.6) is 0 Å². The second kappa shape index (κ2) is 7.20. The number of piperazine rings is 1. The van der Waals surface area contributed by atoms with Gasteiger partial charge in [0.05, 0.1) is 18.7 Å². The zero-order valence-corrected chi connectivity index (χ0v) is 16.0. The van der Waals surface area contributed by atoms with Crippen molar-refractivity contribution in [2.45, 2.75) is 58.4 Å². The van der Waals surface area contributed by atoms with Gasteiger partial charge < -0.3 is 20.0 Å². The second-order valence-electron chi connectivity index (χ2n) is 8.57. The molecule has 148 valence electrons. The summed E-state index contributed by atoms with van der Waals surface area (Å²) in [6.45, 7) is 5.79. The Morgan fingerprint density at radius 1 is 1.22 bits per heavy atom. The predicted molar refractivity (Wildman–Crippen MR) is 97.3 cm³/mol. The highest BCUT2D eigenvalue weighted by Gasteiger charge is 2.45. The number of likely N-dealkylation sites (tertiary alicyclic amines) is 1. The first-order valence-corrected chi connectivity index (χ1v) is 9.32. The van der Waals surface area contributed by atoms with Crippen molar-refractivity contribution < 1.29 is 24.2 Å². The summed E-state index contributed by atoms with van der Waals surface area (Å²) in [5.41, 5.74) is -0.146. The van der Waals surface area contributed by atoms with E-state index in [1.54, 1.807) is 9.80 Å². The Labute approximate surface area is 158 Å². The molecule has 27 heavy (non-hydrogen) atoms. The Morgan fingerprint density at radius 3 is 2.30 bits per heavy atom. The summed E-state index contributed by atoms with van der Waals surface area (Å²) < 4.78 is 13.9. The van der Waals surface area contributed by atoms with Gasteiger partial charge in [0.25, 0.3) is 11.8 Å². The number of aliphatic hydroxyl groups excluding tert-OH is 2. The van der Waals surface area contributed by atoms with Gasteiger partial charge in [0.1, 0.15) is 11.9 Å². The number of nitrogens with zero attached hydrogens (tertiary/aromatic N) is 2. The molecule has 2 saturated heterocycles. The lowest BCUT2D eigenvalue weighted by Crippen LogP contribution is -2.59. The summed E-state index contributed by atoms with van der Waals surface area (Å²) in [7, 11) is 0. The summed E-state index contributed by atoms with van der Waals surface area (Å²) in [6.07, 6.45) is 0.478. The number of carbonyl (C=O) groups is 2. The highest BCUT2D eigenvalue weighted by Crippen LogP contribution is 2.33. The van der Waals surface area contributed by atoms with E-state index in [4.69, 9.17) is 5.11 Å². The number of aliphatic hydroxyl groups is 2. The van der Waals surface area contributed by atoms with Crippen molar-refractivity contribution in [2.75, 3.05) is 13.1 Å². The molecule has 1 aromatic carbocycles. The SMILES string of the molecule is CC(C)(C)C(O)C(=O)N1CC2CCC(C1)N2C(=O)c1ccc(CO)c(F)c1. The van der Waals surface area contributed by atoms with E-state index in [0.29, 0.717) is 13.1 Å². The summed E-state index contributed by atoms with van der Waals surface area (Å²) in [5, 5.41) is 19.4. The first-order valence-electron chi connectivity index (χ1n) is 9.32. The molecule has 6 nitrogen and oxygen atoms in total. The fraction of sp³-hybridized carbons (Fsp3) is 0.600. The molecule has 2 N–H and O–H groups in total. The topological polar surface area (TPSA) is 81.1 Å². The van der Waals surface area contributed by atoms with Gasteiger partial charge in [-0.15, -0.1) is 0 Å². The quantitative estimate of drug-likeness (QED) is 0.836. The molecule has 2 heterocycles. The molecular formula is C20H27FN2O4. The third-order valence-corrected chi connectivity index (χ3v) is 5.55. The molecule has 7 heteroatoms. The van der Waals surface area contributed by atoms with Crippen molar-refractivity contribution in [3.8, 4) is 0 Å². The first kappa shape index (κ1) is 19.8. The standard InChI is InChI=1S/C20H27FN2O4/c1-20(2,3)17(25)19(27)22-9-14-6-7-15(10-22)23(14)18(26)12-4-5-13(11-24)16(21)8-12/h4-5,8,14-15,17,24-25H,6-7,9-11H2,1-3H3. The van der Waals surface area contributed by atoms with Crippen molar-refractivity contribution in [3.05, 3.63) is 35.1 Å². The molecule has 2 aliphatic rings. The molecule has 0 radical (unpaired) electrons. The smallest absolute Gasteiger partial charge is 0.254 e. The average Bonchev–Trinajstić information content (AvgIpc) is 2.88. The number of halogens is 1. The Balaban J connectivity index is 1.75. The number of amides is 2. The lowest BCUT2D eigenvalue weighted by molar-refractivity contribution is -0.148. The molecular weight excluding hydrogens is 351 g/mol. The van der Waals surface area contributed by atoms with Crippen LogP contribution in [0, 0.1) is 11.2 Å². The lowest BCUT2D eigenvalue weighted by atomic mass is 9.88. The van der Waals surface area contributed by atoms with Crippen LogP contribution in [-0.4, -0.2) is 63.1 Å². The molecule has 2 aliphatic heterocycles. The molecule has 2 bridgehead atoms. The van der Waals surface area contributed by atoms with Gasteiger partial charge in [-0.05, 0) is 30.4 Å². The number of hydrogen-bond donors (Lipinski definition) is 2. The van der Waals surface area contributed by atoms with Crippen molar-refractivity contribution in [1.82, 2.24) is 9.80 Å². The number of carbonyl (C=O) groups excluding carboxylic acids is 2.